The average Bonchev–Trinajstić information content (AvgIpc) is 3.66. The third-order valence-electron chi connectivity index (χ3n) is 9.78. The fourth-order valence-corrected chi connectivity index (χ4v) is 7.09. The van der Waals surface area contributed by atoms with Crippen molar-refractivity contribution in [1.29, 1.82) is 0 Å². The number of benzene rings is 2. The number of aromatic nitrogens is 5. The van der Waals surface area contributed by atoms with Crippen molar-refractivity contribution in [3.8, 4) is 16.8 Å². The van der Waals surface area contributed by atoms with Crippen molar-refractivity contribution in [3.05, 3.63) is 105 Å². The summed E-state index contributed by atoms with van der Waals surface area (Å²) >= 11 is 0. The number of rotatable bonds is 7. The number of hydrogen-bond acceptors (Lipinski definition) is 8. The van der Waals surface area contributed by atoms with E-state index in [1.807, 2.05) is 42.4 Å². The van der Waals surface area contributed by atoms with E-state index in [2.05, 4.69) is 26.4 Å². The Labute approximate surface area is 282 Å². The number of carbonyl (C=O) groups is 2. The zero-order valence-corrected chi connectivity index (χ0v) is 27.7. The maximum Gasteiger partial charge on any atom is 0.335 e. The number of nitrogens with one attached hydrogen (secondary N) is 1. The van der Waals surface area contributed by atoms with Crippen molar-refractivity contribution < 1.29 is 9.59 Å². The highest BCUT2D eigenvalue weighted by Crippen LogP contribution is 2.37. The van der Waals surface area contributed by atoms with Crippen molar-refractivity contribution >= 4 is 28.8 Å². The number of amides is 2. The lowest BCUT2D eigenvalue weighted by Crippen LogP contribution is -2.45. The molecule has 13 heteroatoms. The van der Waals surface area contributed by atoms with E-state index in [9.17, 15) is 19.2 Å². The molecule has 0 radical (unpaired) electrons. The Morgan fingerprint density at radius 2 is 1.67 bits per heavy atom. The van der Waals surface area contributed by atoms with Crippen molar-refractivity contribution in [1.82, 2.24) is 33.5 Å². The normalized spacial score (nSPS) is 17.3. The van der Waals surface area contributed by atoms with Gasteiger partial charge < -0.3 is 16.0 Å². The molecule has 2 amide bonds. The molecule has 2 saturated heterocycles. The first-order valence-corrected chi connectivity index (χ1v) is 16.6. The quantitative estimate of drug-likeness (QED) is 0.269. The summed E-state index contributed by atoms with van der Waals surface area (Å²) in [7, 11) is 1.87. The van der Waals surface area contributed by atoms with Crippen LogP contribution >= 0.6 is 0 Å². The molecule has 3 N–H and O–H groups in total. The summed E-state index contributed by atoms with van der Waals surface area (Å²) < 4.78 is 4.28. The van der Waals surface area contributed by atoms with Gasteiger partial charge in [-0.25, -0.2) is 18.9 Å². The summed E-state index contributed by atoms with van der Waals surface area (Å²) in [5.74, 6) is 0.176. The predicted molar refractivity (Wildman–Crippen MR) is 187 cm³/mol. The minimum absolute atomic E-state index is 0.0329. The highest BCUT2D eigenvalue weighted by atomic mass is 16.2. The summed E-state index contributed by atoms with van der Waals surface area (Å²) in [6.45, 7) is 6.10. The van der Waals surface area contributed by atoms with Gasteiger partial charge in [-0.15, -0.1) is 0 Å². The maximum absolute atomic E-state index is 13.5. The maximum atomic E-state index is 13.5. The van der Waals surface area contributed by atoms with Crippen LogP contribution in [-0.4, -0.2) is 78.1 Å². The summed E-state index contributed by atoms with van der Waals surface area (Å²) in [6, 6.07) is 17.6. The van der Waals surface area contributed by atoms with Crippen molar-refractivity contribution in [2.75, 3.05) is 37.7 Å². The summed E-state index contributed by atoms with van der Waals surface area (Å²) in [6.07, 6.45) is 5.44. The van der Waals surface area contributed by atoms with E-state index in [4.69, 9.17) is 5.73 Å². The van der Waals surface area contributed by atoms with Gasteiger partial charge in [0, 0.05) is 48.7 Å². The molecule has 7 rings (SSSR count). The molecule has 1 atom stereocenters. The van der Waals surface area contributed by atoms with Crippen molar-refractivity contribution in [3.63, 3.8) is 0 Å². The molecular weight excluding hydrogens is 622 g/mol. The van der Waals surface area contributed by atoms with Gasteiger partial charge >= 0.3 is 5.69 Å². The Kier molecular flexibility index (Phi) is 8.37. The number of likely N-dealkylation sites (N-methyl/N-ethyl adjacent to an activating group) is 1. The Morgan fingerprint density at radius 1 is 0.959 bits per heavy atom. The molecule has 0 saturated carbocycles. The molecule has 2 aliphatic rings. The van der Waals surface area contributed by atoms with Crippen LogP contribution in [-0.2, 0) is 4.79 Å². The number of piperidine rings is 1. The molecule has 252 valence electrons. The van der Waals surface area contributed by atoms with E-state index in [1.165, 1.54) is 17.1 Å². The van der Waals surface area contributed by atoms with Gasteiger partial charge in [0.15, 0.2) is 5.82 Å². The van der Waals surface area contributed by atoms with Gasteiger partial charge in [0.05, 0.1) is 11.7 Å². The summed E-state index contributed by atoms with van der Waals surface area (Å²) in [4.78, 5) is 61.2. The molecule has 0 spiro atoms. The Balaban J connectivity index is 1.14. The van der Waals surface area contributed by atoms with E-state index in [0.717, 1.165) is 60.3 Å². The van der Waals surface area contributed by atoms with E-state index in [0.29, 0.717) is 22.7 Å². The Hall–Kier alpha value is -5.56. The van der Waals surface area contributed by atoms with Crippen LogP contribution in [0.25, 0.3) is 22.3 Å². The average molecular weight is 662 g/mol. The summed E-state index contributed by atoms with van der Waals surface area (Å²) in [5, 5.41) is 7.40. The molecule has 2 aliphatic heterocycles. The minimum atomic E-state index is -0.696. The third-order valence-corrected chi connectivity index (χ3v) is 9.78. The number of likely N-dealkylation sites (tertiary alicyclic amines) is 2. The zero-order valence-electron chi connectivity index (χ0n) is 27.7. The van der Waals surface area contributed by atoms with Crippen LogP contribution in [0.2, 0.25) is 0 Å². The minimum Gasteiger partial charge on any atom is -0.382 e. The van der Waals surface area contributed by atoms with Gasteiger partial charge in [0.2, 0.25) is 5.91 Å². The Morgan fingerprint density at radius 3 is 2.33 bits per heavy atom. The second kappa shape index (κ2) is 12.8. The SMILES string of the molecule is CC(C)n1cc(C(=O)Nc2ccc(-c3cc(C4CCN(C5CCN(C)C5=O)CC4)n4ncnc(N)c34)cc2)c(=O)n(-c2ccccc2)c1=O. The van der Waals surface area contributed by atoms with Crippen molar-refractivity contribution in [2.45, 2.75) is 51.1 Å². The Bertz CT molecular complexity index is 2160. The number of nitrogen functional groups attached to an aromatic ring is 1. The van der Waals surface area contributed by atoms with Crippen LogP contribution in [0.5, 0.6) is 0 Å². The fourth-order valence-electron chi connectivity index (χ4n) is 7.09. The topological polar surface area (TPSA) is 153 Å². The van der Waals surface area contributed by atoms with Crippen LogP contribution in [0.1, 0.15) is 61.1 Å². The van der Waals surface area contributed by atoms with Crippen LogP contribution in [0.3, 0.4) is 0 Å². The van der Waals surface area contributed by atoms with Crippen LogP contribution in [0, 0.1) is 0 Å². The molecule has 3 aromatic heterocycles. The first-order valence-electron chi connectivity index (χ1n) is 16.6. The van der Waals surface area contributed by atoms with Gasteiger partial charge in [-0.05, 0) is 82.1 Å². The smallest absolute Gasteiger partial charge is 0.335 e. The highest BCUT2D eigenvalue weighted by molar-refractivity contribution is 6.04. The predicted octanol–water partition coefficient (Wildman–Crippen LogP) is 3.53. The number of carbonyl (C=O) groups excluding carboxylic acids is 2. The number of nitrogens with two attached hydrogens (primary N) is 1. The number of hydrogen-bond donors (Lipinski definition) is 2. The molecule has 0 bridgehead atoms. The molecule has 49 heavy (non-hydrogen) atoms. The number of fused-ring (bicyclic) bond motifs is 1. The van der Waals surface area contributed by atoms with E-state index < -0.39 is 17.2 Å². The summed E-state index contributed by atoms with van der Waals surface area (Å²) in [5.41, 5.74) is 9.40. The third kappa shape index (κ3) is 5.79. The van der Waals surface area contributed by atoms with E-state index in [-0.39, 0.29) is 29.5 Å². The van der Waals surface area contributed by atoms with Gasteiger partial charge in [-0.2, -0.15) is 5.10 Å². The first-order chi connectivity index (χ1) is 23.6. The molecular formula is C36H39N9O4. The lowest BCUT2D eigenvalue weighted by Gasteiger charge is -2.34. The van der Waals surface area contributed by atoms with Crippen LogP contribution in [0.4, 0.5) is 11.5 Å². The van der Waals surface area contributed by atoms with Gasteiger partial charge in [0.25, 0.3) is 11.5 Å². The van der Waals surface area contributed by atoms with E-state index in [1.54, 1.807) is 42.5 Å². The lowest BCUT2D eigenvalue weighted by molar-refractivity contribution is -0.131. The van der Waals surface area contributed by atoms with E-state index >= 15 is 0 Å². The lowest BCUT2D eigenvalue weighted by atomic mass is 9.92. The molecule has 0 aliphatic carbocycles. The number of nitrogens with zero attached hydrogens (tertiary/aromatic N) is 7. The highest BCUT2D eigenvalue weighted by Gasteiger charge is 2.36. The largest absolute Gasteiger partial charge is 0.382 e. The standard InChI is InChI=1S/C36H39N9O4/c1-22(2)43-20-28(34(47)44(36(43)49)26-7-5-4-6-8-26)33(46)40-25-11-9-23(10-12-25)27-19-30(45-31(27)32(37)38-21-39-45)24-13-17-42(18-14-24)29-15-16-41(3)35(29)48/h4-12,19-22,24,29H,13-18H2,1-3H3,(H,40,46)(H2,37,38,39). The van der Waals surface area contributed by atoms with Gasteiger partial charge in [-0.3, -0.25) is 23.9 Å². The number of anilines is 2. The van der Waals surface area contributed by atoms with Crippen LogP contribution in [0.15, 0.2) is 82.8 Å². The zero-order chi connectivity index (χ0) is 34.4. The fraction of sp³-hybridized carbons (Fsp3) is 0.333. The molecule has 5 aromatic rings. The molecule has 5 heterocycles. The second-order valence-electron chi connectivity index (χ2n) is 13.1. The second-order valence-corrected chi connectivity index (χ2v) is 13.1. The molecule has 13 nitrogen and oxygen atoms in total. The molecule has 1 unspecified atom stereocenters. The molecule has 2 aromatic carbocycles. The van der Waals surface area contributed by atoms with Crippen molar-refractivity contribution in [2.24, 2.45) is 0 Å². The molecule has 2 fully saturated rings. The van der Waals surface area contributed by atoms with Crippen LogP contribution < -0.4 is 22.3 Å². The number of para-hydroxylation sites is 1. The monoisotopic (exact) mass is 661 g/mol. The van der Waals surface area contributed by atoms with Gasteiger partial charge in [0.1, 0.15) is 17.4 Å². The first kappa shape index (κ1) is 32.0. The van der Waals surface area contributed by atoms with Gasteiger partial charge in [-0.1, -0.05) is 30.3 Å².